The van der Waals surface area contributed by atoms with Crippen LogP contribution in [0.15, 0.2) is 121 Å². The molecule has 0 spiro atoms. The van der Waals surface area contributed by atoms with Crippen molar-refractivity contribution in [1.29, 1.82) is 0 Å². The number of benzene rings is 5. The minimum Gasteiger partial charge on any atom is -0.356 e. The van der Waals surface area contributed by atoms with Crippen molar-refractivity contribution in [2.75, 3.05) is 10.6 Å². The van der Waals surface area contributed by atoms with E-state index in [9.17, 15) is 0 Å². The summed E-state index contributed by atoms with van der Waals surface area (Å²) in [5.74, 6) is 0. The predicted molar refractivity (Wildman–Crippen MR) is 166 cm³/mol. The van der Waals surface area contributed by atoms with Gasteiger partial charge in [0.2, 0.25) is 0 Å². The third-order valence-electron chi connectivity index (χ3n) is 6.35. The summed E-state index contributed by atoms with van der Waals surface area (Å²) in [4.78, 5) is 0. The first-order chi connectivity index (χ1) is 18.6. The van der Waals surface area contributed by atoms with Gasteiger partial charge in [0.05, 0.1) is 0 Å². The Morgan fingerprint density at radius 2 is 0.684 bits per heavy atom. The number of anilines is 4. The molecular formula is C36H32N2. The summed E-state index contributed by atoms with van der Waals surface area (Å²) >= 11 is 0. The molecule has 38 heavy (non-hydrogen) atoms. The molecule has 0 aliphatic carbocycles. The highest BCUT2D eigenvalue weighted by molar-refractivity contribution is 5.75. The maximum Gasteiger partial charge on any atom is 0.0384 e. The summed E-state index contributed by atoms with van der Waals surface area (Å²) in [6, 6.07) is 42.4. The Labute approximate surface area is 226 Å². The van der Waals surface area contributed by atoms with E-state index in [2.05, 4.69) is 170 Å². The fourth-order valence-electron chi connectivity index (χ4n) is 4.11. The largest absolute Gasteiger partial charge is 0.356 e. The average Bonchev–Trinajstić information content (AvgIpc) is 2.95. The molecule has 0 heterocycles. The van der Waals surface area contributed by atoms with Gasteiger partial charge in [-0.25, -0.2) is 0 Å². The van der Waals surface area contributed by atoms with Crippen LogP contribution >= 0.6 is 0 Å². The van der Waals surface area contributed by atoms with Crippen LogP contribution in [0.1, 0.15) is 33.4 Å². The van der Waals surface area contributed by atoms with Gasteiger partial charge in [-0.15, -0.1) is 0 Å². The van der Waals surface area contributed by atoms with Crippen LogP contribution in [-0.2, 0) is 0 Å². The van der Waals surface area contributed by atoms with Crippen LogP contribution in [0.4, 0.5) is 22.7 Å². The van der Waals surface area contributed by atoms with Crippen LogP contribution in [0.3, 0.4) is 0 Å². The molecule has 2 heteroatoms. The molecule has 0 atom stereocenters. The van der Waals surface area contributed by atoms with Gasteiger partial charge in [-0.1, -0.05) is 102 Å². The van der Waals surface area contributed by atoms with E-state index in [0.717, 1.165) is 22.7 Å². The molecule has 0 aliphatic rings. The summed E-state index contributed by atoms with van der Waals surface area (Å²) < 4.78 is 0. The van der Waals surface area contributed by atoms with Gasteiger partial charge >= 0.3 is 0 Å². The number of rotatable bonds is 8. The molecule has 0 aromatic heterocycles. The molecule has 186 valence electrons. The predicted octanol–water partition coefficient (Wildman–Crippen LogP) is 10.1. The number of aryl methyl sites for hydroxylation is 2. The minimum atomic E-state index is 1.08. The molecular weight excluding hydrogens is 460 g/mol. The van der Waals surface area contributed by atoms with E-state index in [0.29, 0.717) is 0 Å². The van der Waals surface area contributed by atoms with Gasteiger partial charge in [0.1, 0.15) is 0 Å². The van der Waals surface area contributed by atoms with Gasteiger partial charge in [-0.2, -0.15) is 0 Å². The van der Waals surface area contributed by atoms with E-state index in [1.165, 1.54) is 33.4 Å². The van der Waals surface area contributed by atoms with Crippen LogP contribution in [0.25, 0.3) is 24.3 Å². The average molecular weight is 493 g/mol. The quantitative estimate of drug-likeness (QED) is 0.211. The highest BCUT2D eigenvalue weighted by Crippen LogP contribution is 2.21. The van der Waals surface area contributed by atoms with Crippen molar-refractivity contribution >= 4 is 47.1 Å². The highest BCUT2D eigenvalue weighted by Gasteiger charge is 1.97. The molecule has 0 unspecified atom stereocenters. The lowest BCUT2D eigenvalue weighted by Gasteiger charge is -2.07. The van der Waals surface area contributed by atoms with Gasteiger partial charge < -0.3 is 10.6 Å². The zero-order valence-electron chi connectivity index (χ0n) is 21.9. The molecule has 0 radical (unpaired) electrons. The second-order valence-electron chi connectivity index (χ2n) is 9.56. The Morgan fingerprint density at radius 1 is 0.368 bits per heavy atom. The number of nitrogens with one attached hydrogen (secondary N) is 2. The van der Waals surface area contributed by atoms with E-state index >= 15 is 0 Å². The highest BCUT2D eigenvalue weighted by atomic mass is 14.9. The van der Waals surface area contributed by atoms with Gasteiger partial charge in [-0.05, 0) is 90.7 Å². The topological polar surface area (TPSA) is 24.1 Å². The molecule has 0 amide bonds. The Morgan fingerprint density at radius 3 is 1.05 bits per heavy atom. The maximum absolute atomic E-state index is 3.45. The molecule has 0 saturated carbocycles. The number of hydrogen-bond donors (Lipinski definition) is 2. The fraction of sp³-hybridized carbons (Fsp3) is 0.0556. The second kappa shape index (κ2) is 11.9. The monoisotopic (exact) mass is 492 g/mol. The molecule has 0 saturated heterocycles. The number of hydrogen-bond acceptors (Lipinski definition) is 2. The lowest BCUT2D eigenvalue weighted by Crippen LogP contribution is -1.89. The Bertz CT molecular complexity index is 1410. The van der Waals surface area contributed by atoms with Gasteiger partial charge in [0.25, 0.3) is 0 Å². The van der Waals surface area contributed by atoms with E-state index < -0.39 is 0 Å². The van der Waals surface area contributed by atoms with Crippen molar-refractivity contribution in [1.82, 2.24) is 0 Å². The zero-order chi connectivity index (χ0) is 26.2. The van der Waals surface area contributed by atoms with Crippen LogP contribution in [0, 0.1) is 13.8 Å². The summed E-state index contributed by atoms with van der Waals surface area (Å²) in [6.45, 7) is 4.20. The van der Waals surface area contributed by atoms with Gasteiger partial charge in [0.15, 0.2) is 0 Å². The van der Waals surface area contributed by atoms with Crippen LogP contribution in [0.5, 0.6) is 0 Å². The fourth-order valence-corrected chi connectivity index (χ4v) is 4.11. The van der Waals surface area contributed by atoms with Crippen molar-refractivity contribution in [3.05, 3.63) is 155 Å². The van der Waals surface area contributed by atoms with Crippen molar-refractivity contribution in [3.8, 4) is 0 Å². The molecule has 0 aliphatic heterocycles. The molecule has 2 nitrogen and oxygen atoms in total. The molecule has 0 bridgehead atoms. The molecule has 2 N–H and O–H groups in total. The Hall–Kier alpha value is -4.82. The van der Waals surface area contributed by atoms with Crippen LogP contribution < -0.4 is 10.6 Å². The molecule has 0 fully saturated rings. The lowest BCUT2D eigenvalue weighted by molar-refractivity contribution is 1.45. The third kappa shape index (κ3) is 7.11. The molecule has 5 rings (SSSR count). The smallest absolute Gasteiger partial charge is 0.0384 e. The summed E-state index contributed by atoms with van der Waals surface area (Å²) in [5.41, 5.74) is 11.6. The van der Waals surface area contributed by atoms with Crippen molar-refractivity contribution < 1.29 is 0 Å². The lowest BCUT2D eigenvalue weighted by atomic mass is 10.1. The Balaban J connectivity index is 1.18. The molecule has 5 aromatic carbocycles. The second-order valence-corrected chi connectivity index (χ2v) is 9.56. The normalized spacial score (nSPS) is 11.2. The van der Waals surface area contributed by atoms with E-state index in [4.69, 9.17) is 0 Å². The SMILES string of the molecule is Cc1ccc(Nc2ccc(/C=C\c3cccc(/C=C\c4ccc(Nc5ccc(C)cc5)cc4)c3)cc2)cc1. The zero-order valence-corrected chi connectivity index (χ0v) is 21.9. The minimum absolute atomic E-state index is 1.08. The van der Waals surface area contributed by atoms with E-state index in [-0.39, 0.29) is 0 Å². The summed E-state index contributed by atoms with van der Waals surface area (Å²) in [5, 5.41) is 6.89. The first-order valence-corrected chi connectivity index (χ1v) is 12.9. The maximum atomic E-state index is 3.45. The third-order valence-corrected chi connectivity index (χ3v) is 6.35. The van der Waals surface area contributed by atoms with Crippen LogP contribution in [-0.4, -0.2) is 0 Å². The summed E-state index contributed by atoms with van der Waals surface area (Å²) in [6.07, 6.45) is 8.62. The summed E-state index contributed by atoms with van der Waals surface area (Å²) in [7, 11) is 0. The van der Waals surface area contributed by atoms with Gasteiger partial charge in [-0.3, -0.25) is 0 Å². The van der Waals surface area contributed by atoms with Crippen molar-refractivity contribution in [2.24, 2.45) is 0 Å². The molecule has 5 aromatic rings. The van der Waals surface area contributed by atoms with Crippen molar-refractivity contribution in [3.63, 3.8) is 0 Å². The van der Waals surface area contributed by atoms with E-state index in [1.54, 1.807) is 0 Å². The van der Waals surface area contributed by atoms with Crippen LogP contribution in [0.2, 0.25) is 0 Å². The Kier molecular flexibility index (Phi) is 7.81. The standard InChI is InChI=1S/C36H32N2/c1-27-6-18-33(19-7-27)37-35-22-14-29(15-23-35)10-12-31-4-3-5-32(26-31)13-11-30-16-24-36(25-17-30)38-34-20-8-28(2)9-21-34/h3-26,37-38H,1-2H3/b12-10-,13-11-. The first-order valence-electron chi connectivity index (χ1n) is 12.9. The van der Waals surface area contributed by atoms with Crippen molar-refractivity contribution in [2.45, 2.75) is 13.8 Å². The first kappa shape index (κ1) is 24.9. The van der Waals surface area contributed by atoms with E-state index in [1.807, 2.05) is 0 Å². The van der Waals surface area contributed by atoms with Gasteiger partial charge in [0, 0.05) is 22.7 Å².